The number of methoxy groups -OCH3 is 2. The molecule has 6 heteroatoms. The minimum absolute atomic E-state index is 0.325. The van der Waals surface area contributed by atoms with Crippen molar-refractivity contribution in [2.24, 2.45) is 0 Å². The van der Waals surface area contributed by atoms with Crippen LogP contribution >= 0.6 is 11.6 Å². The molecule has 1 N–H and O–H groups in total. The number of hydrogen-bond acceptors (Lipinski definition) is 5. The zero-order chi connectivity index (χ0) is 12.3. The van der Waals surface area contributed by atoms with E-state index in [1.54, 1.807) is 14.2 Å². The van der Waals surface area contributed by atoms with Gasteiger partial charge in [-0.25, -0.2) is 9.97 Å². The van der Waals surface area contributed by atoms with Gasteiger partial charge in [-0.2, -0.15) is 0 Å². The Morgan fingerprint density at radius 1 is 1.35 bits per heavy atom. The molecule has 1 fully saturated rings. The van der Waals surface area contributed by atoms with Crippen LogP contribution in [0.4, 0.5) is 5.82 Å². The Hall–Kier alpha value is -1.07. The molecule has 1 aromatic heterocycles. The van der Waals surface area contributed by atoms with Gasteiger partial charge in [0.1, 0.15) is 6.33 Å². The second-order valence-corrected chi connectivity index (χ2v) is 4.42. The van der Waals surface area contributed by atoms with Crippen LogP contribution in [0.2, 0.25) is 5.15 Å². The molecule has 2 unspecified atom stereocenters. The molecule has 1 saturated carbocycles. The Kier molecular flexibility index (Phi) is 4.02. The van der Waals surface area contributed by atoms with E-state index in [0.717, 1.165) is 19.3 Å². The molecule has 0 amide bonds. The third-order valence-corrected chi connectivity index (χ3v) is 3.29. The van der Waals surface area contributed by atoms with E-state index in [9.17, 15) is 0 Å². The molecule has 0 saturated heterocycles. The van der Waals surface area contributed by atoms with Crippen LogP contribution in [0, 0.1) is 0 Å². The lowest BCUT2D eigenvalue weighted by molar-refractivity contribution is 0.108. The van der Waals surface area contributed by atoms with Crippen LogP contribution in [0.15, 0.2) is 6.33 Å². The molecular formula is C11H16ClN3O2. The monoisotopic (exact) mass is 257 g/mol. The molecule has 2 atom stereocenters. The van der Waals surface area contributed by atoms with E-state index in [1.165, 1.54) is 6.33 Å². The lowest BCUT2D eigenvalue weighted by atomic mass is 10.2. The maximum Gasteiger partial charge on any atom is 0.198 e. The normalized spacial score (nSPS) is 23.7. The minimum atomic E-state index is 0.325. The maximum atomic E-state index is 5.93. The molecule has 2 rings (SSSR count). The third-order valence-electron chi connectivity index (χ3n) is 3.02. The summed E-state index contributed by atoms with van der Waals surface area (Å²) < 4.78 is 10.5. The fraction of sp³-hybridized carbons (Fsp3) is 0.636. The number of hydrogen-bond donors (Lipinski definition) is 1. The van der Waals surface area contributed by atoms with Gasteiger partial charge in [-0.05, 0) is 19.3 Å². The van der Waals surface area contributed by atoms with Crippen molar-refractivity contribution in [2.75, 3.05) is 19.5 Å². The van der Waals surface area contributed by atoms with E-state index in [4.69, 9.17) is 21.1 Å². The van der Waals surface area contributed by atoms with Crippen LogP contribution in [-0.2, 0) is 4.74 Å². The first-order chi connectivity index (χ1) is 8.24. The largest absolute Gasteiger partial charge is 0.490 e. The van der Waals surface area contributed by atoms with E-state index in [1.807, 2.05) is 0 Å². The number of rotatable bonds is 4. The molecule has 17 heavy (non-hydrogen) atoms. The van der Waals surface area contributed by atoms with Crippen LogP contribution < -0.4 is 10.1 Å². The van der Waals surface area contributed by atoms with Crippen molar-refractivity contribution < 1.29 is 9.47 Å². The number of ether oxygens (including phenoxy) is 2. The van der Waals surface area contributed by atoms with Crippen LogP contribution in [0.25, 0.3) is 0 Å². The van der Waals surface area contributed by atoms with Crippen molar-refractivity contribution >= 4 is 17.4 Å². The molecule has 1 aliphatic carbocycles. The lowest BCUT2D eigenvalue weighted by Crippen LogP contribution is -2.18. The summed E-state index contributed by atoms with van der Waals surface area (Å²) >= 11 is 5.93. The number of anilines is 1. The molecular weight excluding hydrogens is 242 g/mol. The van der Waals surface area contributed by atoms with Gasteiger partial charge < -0.3 is 14.8 Å². The van der Waals surface area contributed by atoms with Gasteiger partial charge in [0.2, 0.25) is 0 Å². The number of nitrogens with zero attached hydrogens (tertiary/aromatic N) is 2. The Labute approximate surface area is 105 Å². The van der Waals surface area contributed by atoms with E-state index in [0.29, 0.717) is 28.9 Å². The van der Waals surface area contributed by atoms with Crippen molar-refractivity contribution in [1.82, 2.24) is 9.97 Å². The van der Waals surface area contributed by atoms with Gasteiger partial charge in [0.25, 0.3) is 0 Å². The summed E-state index contributed by atoms with van der Waals surface area (Å²) in [5, 5.41) is 3.65. The number of nitrogens with one attached hydrogen (secondary N) is 1. The molecule has 1 aromatic rings. The van der Waals surface area contributed by atoms with Crippen LogP contribution in [0.5, 0.6) is 5.75 Å². The van der Waals surface area contributed by atoms with Crippen molar-refractivity contribution in [2.45, 2.75) is 31.4 Å². The smallest absolute Gasteiger partial charge is 0.198 e. The van der Waals surface area contributed by atoms with E-state index in [2.05, 4.69) is 15.3 Å². The highest BCUT2D eigenvalue weighted by atomic mass is 35.5. The first-order valence-corrected chi connectivity index (χ1v) is 5.96. The zero-order valence-electron chi connectivity index (χ0n) is 9.94. The SMILES string of the molecule is COc1c(Cl)ncnc1NC1CCC(OC)C1. The molecule has 0 aliphatic heterocycles. The Balaban J connectivity index is 2.06. The average Bonchev–Trinajstić information content (AvgIpc) is 2.77. The van der Waals surface area contributed by atoms with Crippen LogP contribution in [0.3, 0.4) is 0 Å². The Morgan fingerprint density at radius 2 is 2.18 bits per heavy atom. The molecule has 5 nitrogen and oxygen atoms in total. The minimum Gasteiger partial charge on any atom is -0.490 e. The Bertz CT molecular complexity index is 389. The summed E-state index contributed by atoms with van der Waals surface area (Å²) in [5.41, 5.74) is 0. The predicted octanol–water partition coefficient (Wildman–Crippen LogP) is 2.12. The highest BCUT2D eigenvalue weighted by Crippen LogP contribution is 2.31. The topological polar surface area (TPSA) is 56.3 Å². The highest BCUT2D eigenvalue weighted by molar-refractivity contribution is 6.31. The van der Waals surface area contributed by atoms with E-state index in [-0.39, 0.29) is 0 Å². The summed E-state index contributed by atoms with van der Waals surface area (Å²) in [6.07, 6.45) is 4.85. The van der Waals surface area contributed by atoms with Gasteiger partial charge in [0.05, 0.1) is 13.2 Å². The van der Waals surface area contributed by atoms with Gasteiger partial charge in [-0.1, -0.05) is 11.6 Å². The summed E-state index contributed by atoms with van der Waals surface area (Å²) in [4.78, 5) is 8.03. The van der Waals surface area contributed by atoms with Gasteiger partial charge in [0, 0.05) is 13.2 Å². The van der Waals surface area contributed by atoms with Gasteiger partial charge >= 0.3 is 0 Å². The maximum absolute atomic E-state index is 5.93. The van der Waals surface area contributed by atoms with E-state index < -0.39 is 0 Å². The molecule has 0 spiro atoms. The lowest BCUT2D eigenvalue weighted by Gasteiger charge is -2.15. The summed E-state index contributed by atoms with van der Waals surface area (Å²) in [5.74, 6) is 1.14. The molecule has 1 heterocycles. The summed E-state index contributed by atoms with van der Waals surface area (Å²) in [6, 6.07) is 0.347. The second-order valence-electron chi connectivity index (χ2n) is 4.06. The van der Waals surface area contributed by atoms with E-state index >= 15 is 0 Å². The molecule has 0 bridgehead atoms. The van der Waals surface area contributed by atoms with Gasteiger partial charge in [0.15, 0.2) is 16.7 Å². The second kappa shape index (κ2) is 5.51. The average molecular weight is 258 g/mol. The molecule has 0 aromatic carbocycles. The van der Waals surface area contributed by atoms with Crippen molar-refractivity contribution in [3.8, 4) is 5.75 Å². The summed E-state index contributed by atoms with van der Waals surface area (Å²) in [6.45, 7) is 0. The predicted molar refractivity (Wildman–Crippen MR) is 65.7 cm³/mol. The molecule has 1 aliphatic rings. The fourth-order valence-electron chi connectivity index (χ4n) is 2.11. The Morgan fingerprint density at radius 3 is 2.82 bits per heavy atom. The summed E-state index contributed by atoms with van der Waals surface area (Å²) in [7, 11) is 3.30. The van der Waals surface area contributed by atoms with Crippen molar-refractivity contribution in [3.63, 3.8) is 0 Å². The fourth-order valence-corrected chi connectivity index (χ4v) is 2.32. The molecule has 0 radical (unpaired) electrons. The highest BCUT2D eigenvalue weighted by Gasteiger charge is 2.25. The number of halogens is 1. The number of aromatic nitrogens is 2. The van der Waals surface area contributed by atoms with Crippen LogP contribution in [-0.4, -0.2) is 36.3 Å². The first kappa shape index (κ1) is 12.4. The van der Waals surface area contributed by atoms with Crippen molar-refractivity contribution in [1.29, 1.82) is 0 Å². The van der Waals surface area contributed by atoms with Gasteiger partial charge in [-0.15, -0.1) is 0 Å². The quantitative estimate of drug-likeness (QED) is 0.838. The van der Waals surface area contributed by atoms with Gasteiger partial charge in [-0.3, -0.25) is 0 Å². The third kappa shape index (κ3) is 2.79. The molecule has 94 valence electrons. The zero-order valence-corrected chi connectivity index (χ0v) is 10.7. The standard InChI is InChI=1S/C11H16ClN3O2/c1-16-8-4-3-7(5-8)15-11-9(17-2)10(12)13-6-14-11/h6-8H,3-5H2,1-2H3,(H,13,14,15). The van der Waals surface area contributed by atoms with Crippen molar-refractivity contribution in [3.05, 3.63) is 11.5 Å². The van der Waals surface area contributed by atoms with Crippen LogP contribution in [0.1, 0.15) is 19.3 Å². The first-order valence-electron chi connectivity index (χ1n) is 5.58.